The van der Waals surface area contributed by atoms with E-state index in [-0.39, 0.29) is 0 Å². The first kappa shape index (κ1) is 14.8. The molecule has 0 fully saturated rings. The van der Waals surface area contributed by atoms with Gasteiger partial charge in [-0.1, -0.05) is 56.4 Å². The van der Waals surface area contributed by atoms with Gasteiger partial charge in [0.2, 0.25) is 0 Å². The molecule has 17 heavy (non-hydrogen) atoms. The number of hydrogen-bond donors (Lipinski definition) is 1. The summed E-state index contributed by atoms with van der Waals surface area (Å²) in [4.78, 5) is 0. The molecule has 1 aromatic rings. The van der Waals surface area contributed by atoms with E-state index >= 15 is 0 Å². The van der Waals surface area contributed by atoms with Gasteiger partial charge in [-0.05, 0) is 41.0 Å². The molecule has 0 aliphatic heterocycles. The summed E-state index contributed by atoms with van der Waals surface area (Å²) in [6, 6.07) is 4.76. The SMILES string of the molecule is CNc1cc(C(C)C)c(C(C)C)cc1CCI. The Morgan fingerprint density at radius 1 is 1.06 bits per heavy atom. The van der Waals surface area contributed by atoms with Crippen LogP contribution in [-0.4, -0.2) is 11.5 Å². The van der Waals surface area contributed by atoms with E-state index < -0.39 is 0 Å². The third-order valence-electron chi connectivity index (χ3n) is 3.19. The number of halogens is 1. The maximum Gasteiger partial charge on any atom is 0.0373 e. The lowest BCUT2D eigenvalue weighted by molar-refractivity contribution is 0.788. The predicted octanol–water partition coefficient (Wildman–Crippen LogP) is 4.95. The fourth-order valence-electron chi connectivity index (χ4n) is 2.22. The molecule has 0 aliphatic carbocycles. The van der Waals surface area contributed by atoms with Crippen LogP contribution >= 0.6 is 22.6 Å². The van der Waals surface area contributed by atoms with Crippen molar-refractivity contribution in [2.24, 2.45) is 0 Å². The lowest BCUT2D eigenvalue weighted by atomic mass is 9.88. The lowest BCUT2D eigenvalue weighted by Crippen LogP contribution is -2.05. The number of benzene rings is 1. The second kappa shape index (κ2) is 6.62. The van der Waals surface area contributed by atoms with Gasteiger partial charge < -0.3 is 5.32 Å². The summed E-state index contributed by atoms with van der Waals surface area (Å²) < 4.78 is 1.17. The number of hydrogen-bond acceptors (Lipinski definition) is 1. The second-order valence-corrected chi connectivity index (χ2v) is 6.22. The Morgan fingerprint density at radius 2 is 1.59 bits per heavy atom. The van der Waals surface area contributed by atoms with Crippen LogP contribution in [0, 0.1) is 0 Å². The van der Waals surface area contributed by atoms with Gasteiger partial charge >= 0.3 is 0 Å². The second-order valence-electron chi connectivity index (χ2n) is 5.14. The van der Waals surface area contributed by atoms with E-state index in [2.05, 4.69) is 67.7 Å². The third kappa shape index (κ3) is 3.60. The summed E-state index contributed by atoms with van der Waals surface area (Å²) in [6.45, 7) is 9.12. The van der Waals surface area contributed by atoms with Crippen LogP contribution in [0.3, 0.4) is 0 Å². The molecule has 1 rings (SSSR count). The number of nitrogens with one attached hydrogen (secondary N) is 1. The zero-order chi connectivity index (χ0) is 13.0. The van der Waals surface area contributed by atoms with Gasteiger partial charge in [0.05, 0.1) is 0 Å². The zero-order valence-electron chi connectivity index (χ0n) is 11.6. The first-order chi connectivity index (χ1) is 8.01. The standard InChI is InChI=1S/C15H24IN/c1-10(2)13-8-12(6-7-16)15(17-5)9-14(13)11(3)4/h8-11,17H,6-7H2,1-5H3. The van der Waals surface area contributed by atoms with E-state index in [0.717, 1.165) is 6.42 Å². The summed E-state index contributed by atoms with van der Waals surface area (Å²) in [5, 5.41) is 3.34. The van der Waals surface area contributed by atoms with Crippen LogP contribution in [0.25, 0.3) is 0 Å². The highest BCUT2D eigenvalue weighted by Crippen LogP contribution is 2.31. The molecule has 1 N–H and O–H groups in total. The highest BCUT2D eigenvalue weighted by Gasteiger charge is 2.13. The van der Waals surface area contributed by atoms with Crippen molar-refractivity contribution in [3.8, 4) is 0 Å². The molecule has 0 aliphatic rings. The molecule has 0 unspecified atom stereocenters. The normalized spacial score (nSPS) is 11.3. The molecule has 0 amide bonds. The average Bonchev–Trinajstić information content (AvgIpc) is 2.28. The Morgan fingerprint density at radius 3 is 2.00 bits per heavy atom. The number of alkyl halides is 1. The Kier molecular flexibility index (Phi) is 5.77. The fraction of sp³-hybridized carbons (Fsp3) is 0.600. The molecule has 0 bridgehead atoms. The van der Waals surface area contributed by atoms with Gasteiger partial charge in [-0.15, -0.1) is 0 Å². The van der Waals surface area contributed by atoms with E-state index in [1.165, 1.54) is 26.8 Å². The van der Waals surface area contributed by atoms with Gasteiger partial charge in [-0.3, -0.25) is 0 Å². The molecule has 0 saturated carbocycles. The van der Waals surface area contributed by atoms with Gasteiger partial charge in [0, 0.05) is 17.2 Å². The van der Waals surface area contributed by atoms with Crippen molar-refractivity contribution in [2.75, 3.05) is 16.8 Å². The van der Waals surface area contributed by atoms with Crippen LogP contribution in [0.15, 0.2) is 12.1 Å². The van der Waals surface area contributed by atoms with Gasteiger partial charge in [0.25, 0.3) is 0 Å². The van der Waals surface area contributed by atoms with Crippen LogP contribution in [0.5, 0.6) is 0 Å². The van der Waals surface area contributed by atoms with Crippen LogP contribution in [-0.2, 0) is 6.42 Å². The number of rotatable bonds is 5. The maximum absolute atomic E-state index is 3.34. The van der Waals surface area contributed by atoms with Crippen LogP contribution in [0.4, 0.5) is 5.69 Å². The summed E-state index contributed by atoms with van der Waals surface area (Å²) in [6.07, 6.45) is 1.15. The molecule has 0 radical (unpaired) electrons. The van der Waals surface area contributed by atoms with Gasteiger partial charge in [-0.25, -0.2) is 0 Å². The van der Waals surface area contributed by atoms with E-state index in [0.29, 0.717) is 11.8 Å². The van der Waals surface area contributed by atoms with E-state index in [1.54, 1.807) is 0 Å². The highest BCUT2D eigenvalue weighted by atomic mass is 127. The van der Waals surface area contributed by atoms with Crippen molar-refractivity contribution >= 4 is 28.3 Å². The maximum atomic E-state index is 3.34. The molecule has 1 nitrogen and oxygen atoms in total. The van der Waals surface area contributed by atoms with Gasteiger partial charge in [0.1, 0.15) is 0 Å². The highest BCUT2D eigenvalue weighted by molar-refractivity contribution is 14.1. The minimum atomic E-state index is 0.591. The average molecular weight is 345 g/mol. The molecule has 0 spiro atoms. The summed E-state index contributed by atoms with van der Waals surface area (Å²) in [5.74, 6) is 1.19. The molecule has 2 heteroatoms. The predicted molar refractivity (Wildman–Crippen MR) is 86.8 cm³/mol. The molecule has 1 aromatic carbocycles. The fourth-order valence-corrected chi connectivity index (χ4v) is 2.80. The lowest BCUT2D eigenvalue weighted by Gasteiger charge is -2.20. The Labute approximate surface area is 120 Å². The zero-order valence-corrected chi connectivity index (χ0v) is 13.8. The quantitative estimate of drug-likeness (QED) is 0.588. The van der Waals surface area contributed by atoms with Crippen LogP contribution in [0.1, 0.15) is 56.2 Å². The van der Waals surface area contributed by atoms with E-state index in [4.69, 9.17) is 0 Å². The number of anilines is 1. The van der Waals surface area contributed by atoms with Crippen LogP contribution in [0.2, 0.25) is 0 Å². The first-order valence-electron chi connectivity index (χ1n) is 6.41. The molecule has 0 heterocycles. The minimum Gasteiger partial charge on any atom is -0.388 e. The minimum absolute atomic E-state index is 0.591. The molecule has 0 saturated heterocycles. The monoisotopic (exact) mass is 345 g/mol. The molecule has 0 atom stereocenters. The van der Waals surface area contributed by atoms with Crippen molar-refractivity contribution in [1.82, 2.24) is 0 Å². The van der Waals surface area contributed by atoms with Crippen molar-refractivity contribution in [3.05, 3.63) is 28.8 Å². The molecule has 0 aromatic heterocycles. The van der Waals surface area contributed by atoms with E-state index in [9.17, 15) is 0 Å². The molecular formula is C15H24IN. The molecule has 96 valence electrons. The summed E-state index contributed by atoms with van der Waals surface area (Å²) in [5.41, 5.74) is 5.75. The Balaban J connectivity index is 3.31. The van der Waals surface area contributed by atoms with Crippen molar-refractivity contribution in [2.45, 2.75) is 46.0 Å². The van der Waals surface area contributed by atoms with Gasteiger partial charge in [0.15, 0.2) is 0 Å². The summed E-state index contributed by atoms with van der Waals surface area (Å²) in [7, 11) is 2.02. The van der Waals surface area contributed by atoms with Gasteiger partial charge in [-0.2, -0.15) is 0 Å². The van der Waals surface area contributed by atoms with Crippen molar-refractivity contribution in [3.63, 3.8) is 0 Å². The Bertz CT molecular complexity index is 369. The van der Waals surface area contributed by atoms with Crippen LogP contribution < -0.4 is 5.32 Å². The Hall–Kier alpha value is -0.250. The van der Waals surface area contributed by atoms with Crippen molar-refractivity contribution < 1.29 is 0 Å². The van der Waals surface area contributed by atoms with E-state index in [1.807, 2.05) is 7.05 Å². The third-order valence-corrected chi connectivity index (χ3v) is 3.73. The molecular weight excluding hydrogens is 321 g/mol. The number of aryl methyl sites for hydroxylation is 1. The topological polar surface area (TPSA) is 12.0 Å². The van der Waals surface area contributed by atoms with Crippen molar-refractivity contribution in [1.29, 1.82) is 0 Å². The summed E-state index contributed by atoms with van der Waals surface area (Å²) >= 11 is 2.45. The first-order valence-corrected chi connectivity index (χ1v) is 7.94. The smallest absolute Gasteiger partial charge is 0.0373 e. The largest absolute Gasteiger partial charge is 0.388 e.